The molecule has 0 bridgehead atoms. The number of carboxylic acid groups (broad SMARTS) is 1. The first-order valence-corrected chi connectivity index (χ1v) is 7.29. The van der Waals surface area contributed by atoms with Gasteiger partial charge >= 0.3 is 5.97 Å². The van der Waals surface area contributed by atoms with E-state index in [2.05, 4.69) is 15.1 Å². The molecule has 6 nitrogen and oxygen atoms in total. The van der Waals surface area contributed by atoms with Crippen LogP contribution in [0.15, 0.2) is 18.6 Å². The van der Waals surface area contributed by atoms with Crippen molar-refractivity contribution in [2.75, 3.05) is 0 Å². The first-order valence-electron chi connectivity index (χ1n) is 7.29. The lowest BCUT2D eigenvalue weighted by Gasteiger charge is -2.13. The van der Waals surface area contributed by atoms with E-state index in [1.165, 1.54) is 19.3 Å². The first kappa shape index (κ1) is 11.4. The third-order valence-electron chi connectivity index (χ3n) is 5.71. The second-order valence-corrected chi connectivity index (χ2v) is 6.53. The number of rotatable bonds is 2. The molecule has 0 saturated heterocycles. The Labute approximate surface area is 120 Å². The molecule has 21 heavy (non-hydrogen) atoms. The summed E-state index contributed by atoms with van der Waals surface area (Å²) in [4.78, 5) is 19.9. The largest absolute Gasteiger partial charge is 0.476 e. The van der Waals surface area contributed by atoms with Gasteiger partial charge in [-0.15, -0.1) is 0 Å². The van der Waals surface area contributed by atoms with Crippen molar-refractivity contribution in [2.24, 2.45) is 5.41 Å². The Morgan fingerprint density at radius 3 is 3.00 bits per heavy atom. The number of fused-ring (bicyclic) bond motifs is 1. The highest BCUT2D eigenvalue weighted by atomic mass is 16.4. The number of aromatic nitrogens is 4. The van der Waals surface area contributed by atoms with Gasteiger partial charge in [-0.2, -0.15) is 5.10 Å². The number of nitrogens with zero attached hydrogens (tertiary/aromatic N) is 4. The van der Waals surface area contributed by atoms with Gasteiger partial charge in [0.2, 0.25) is 0 Å². The number of hydrogen-bond donors (Lipinski definition) is 1. The summed E-state index contributed by atoms with van der Waals surface area (Å²) in [6.07, 6.45) is 10.5. The van der Waals surface area contributed by atoms with Crippen molar-refractivity contribution in [2.45, 2.75) is 37.5 Å². The van der Waals surface area contributed by atoms with Crippen LogP contribution in [0.4, 0.5) is 0 Å². The third kappa shape index (κ3) is 1.16. The Balaban J connectivity index is 1.79. The topological polar surface area (TPSA) is 80.9 Å². The molecule has 5 rings (SSSR count). The summed E-state index contributed by atoms with van der Waals surface area (Å²) in [7, 11) is 0. The SMILES string of the molecule is O=C(O)c1nn(-c2cnccn2)c2c1CC13CCCC21C3. The average molecular weight is 282 g/mol. The summed E-state index contributed by atoms with van der Waals surface area (Å²) in [5.74, 6) is -0.328. The van der Waals surface area contributed by atoms with Gasteiger partial charge in [0, 0.05) is 23.4 Å². The summed E-state index contributed by atoms with van der Waals surface area (Å²) in [5.41, 5.74) is 2.69. The van der Waals surface area contributed by atoms with E-state index in [9.17, 15) is 9.90 Å². The summed E-state index contributed by atoms with van der Waals surface area (Å²) < 4.78 is 1.74. The zero-order valence-electron chi connectivity index (χ0n) is 11.4. The Morgan fingerprint density at radius 1 is 1.33 bits per heavy atom. The van der Waals surface area contributed by atoms with E-state index in [-0.39, 0.29) is 11.1 Å². The molecular formula is C15H14N4O2. The summed E-state index contributed by atoms with van der Waals surface area (Å²) >= 11 is 0. The van der Waals surface area contributed by atoms with Crippen molar-refractivity contribution < 1.29 is 9.90 Å². The Hall–Kier alpha value is -2.24. The molecule has 106 valence electrons. The van der Waals surface area contributed by atoms with Crippen molar-refractivity contribution in [3.63, 3.8) is 0 Å². The predicted molar refractivity (Wildman–Crippen MR) is 72.4 cm³/mol. The molecular weight excluding hydrogens is 268 g/mol. The summed E-state index contributed by atoms with van der Waals surface area (Å²) in [5, 5.41) is 13.8. The van der Waals surface area contributed by atoms with Crippen LogP contribution in [-0.4, -0.2) is 30.8 Å². The van der Waals surface area contributed by atoms with Gasteiger partial charge in [0.05, 0.1) is 11.9 Å². The van der Waals surface area contributed by atoms with Crippen LogP contribution < -0.4 is 0 Å². The van der Waals surface area contributed by atoms with Crippen molar-refractivity contribution in [3.8, 4) is 5.82 Å². The highest BCUT2D eigenvalue weighted by molar-refractivity contribution is 5.88. The van der Waals surface area contributed by atoms with Gasteiger partial charge in [-0.25, -0.2) is 14.5 Å². The molecule has 2 saturated carbocycles. The molecule has 2 aromatic rings. The zero-order chi connectivity index (χ0) is 14.2. The number of carboxylic acids is 1. The highest BCUT2D eigenvalue weighted by Gasteiger charge is 2.75. The maximum atomic E-state index is 11.5. The third-order valence-corrected chi connectivity index (χ3v) is 5.71. The summed E-state index contributed by atoms with van der Waals surface area (Å²) in [6, 6.07) is 0. The molecule has 1 N–H and O–H groups in total. The highest BCUT2D eigenvalue weighted by Crippen LogP contribution is 2.79. The molecule has 0 aliphatic heterocycles. The molecule has 2 fully saturated rings. The maximum absolute atomic E-state index is 11.5. The van der Waals surface area contributed by atoms with Gasteiger partial charge in [0.25, 0.3) is 0 Å². The van der Waals surface area contributed by atoms with E-state index in [1.54, 1.807) is 23.3 Å². The molecule has 0 spiro atoms. The lowest BCUT2D eigenvalue weighted by Crippen LogP contribution is -2.15. The first-order chi connectivity index (χ1) is 10.2. The van der Waals surface area contributed by atoms with E-state index >= 15 is 0 Å². The smallest absolute Gasteiger partial charge is 0.356 e. The molecule has 2 atom stereocenters. The molecule has 3 aliphatic carbocycles. The van der Waals surface area contributed by atoms with E-state index < -0.39 is 5.97 Å². The average Bonchev–Trinajstić information content (AvgIpc) is 2.78. The van der Waals surface area contributed by atoms with Gasteiger partial charge in [0.1, 0.15) is 0 Å². The zero-order valence-corrected chi connectivity index (χ0v) is 11.4. The quantitative estimate of drug-likeness (QED) is 0.907. The van der Waals surface area contributed by atoms with Gasteiger partial charge in [-0.3, -0.25) is 4.98 Å². The Bertz CT molecular complexity index is 780. The maximum Gasteiger partial charge on any atom is 0.356 e. The second kappa shape index (κ2) is 3.32. The predicted octanol–water partition coefficient (Wildman–Crippen LogP) is 1.73. The minimum atomic E-state index is -0.943. The van der Waals surface area contributed by atoms with Crippen molar-refractivity contribution >= 4 is 5.97 Å². The minimum Gasteiger partial charge on any atom is -0.476 e. The lowest BCUT2D eigenvalue weighted by molar-refractivity contribution is 0.0688. The van der Waals surface area contributed by atoms with Gasteiger partial charge in [-0.05, 0) is 31.1 Å². The summed E-state index contributed by atoms with van der Waals surface area (Å²) in [6.45, 7) is 0. The molecule has 2 aromatic heterocycles. The van der Waals surface area contributed by atoms with Gasteiger partial charge in [0.15, 0.2) is 11.5 Å². The van der Waals surface area contributed by atoms with Crippen molar-refractivity contribution in [1.82, 2.24) is 19.7 Å². The van der Waals surface area contributed by atoms with Gasteiger partial charge < -0.3 is 5.11 Å². The van der Waals surface area contributed by atoms with Crippen LogP contribution in [0.25, 0.3) is 5.82 Å². The molecule has 2 heterocycles. The van der Waals surface area contributed by atoms with Crippen LogP contribution >= 0.6 is 0 Å². The Morgan fingerprint density at radius 2 is 2.24 bits per heavy atom. The minimum absolute atomic E-state index is 0.153. The molecule has 0 amide bonds. The van der Waals surface area contributed by atoms with Crippen LogP contribution in [0, 0.1) is 5.41 Å². The second-order valence-electron chi connectivity index (χ2n) is 6.53. The molecule has 2 unspecified atom stereocenters. The van der Waals surface area contributed by atoms with Crippen LogP contribution in [0.5, 0.6) is 0 Å². The van der Waals surface area contributed by atoms with Gasteiger partial charge in [-0.1, -0.05) is 6.42 Å². The van der Waals surface area contributed by atoms with Crippen molar-refractivity contribution in [1.29, 1.82) is 0 Å². The Kier molecular flexibility index (Phi) is 1.81. The monoisotopic (exact) mass is 282 g/mol. The molecule has 0 aromatic carbocycles. The van der Waals surface area contributed by atoms with Crippen LogP contribution in [0.2, 0.25) is 0 Å². The fourth-order valence-electron chi connectivity index (χ4n) is 4.90. The van der Waals surface area contributed by atoms with Crippen LogP contribution in [-0.2, 0) is 11.8 Å². The molecule has 6 heteroatoms. The number of hydrogen-bond acceptors (Lipinski definition) is 4. The fourth-order valence-corrected chi connectivity index (χ4v) is 4.90. The molecule has 3 aliphatic rings. The van der Waals surface area contributed by atoms with Crippen LogP contribution in [0.3, 0.4) is 0 Å². The van der Waals surface area contributed by atoms with E-state index in [0.717, 1.165) is 24.1 Å². The molecule has 0 radical (unpaired) electrons. The van der Waals surface area contributed by atoms with E-state index in [4.69, 9.17) is 0 Å². The standard InChI is InChI=1S/C15H14N4O2/c20-13(21)11-9-6-14-2-1-3-15(14,8-14)12(9)19(18-11)10-7-16-4-5-17-10/h4-5,7H,1-3,6,8H2,(H,20,21). The van der Waals surface area contributed by atoms with E-state index in [0.29, 0.717) is 11.2 Å². The number of carbonyl (C=O) groups is 1. The van der Waals surface area contributed by atoms with E-state index in [1.807, 2.05) is 0 Å². The normalized spacial score (nSPS) is 31.6. The fraction of sp³-hybridized carbons (Fsp3) is 0.467. The number of aromatic carboxylic acids is 1. The van der Waals surface area contributed by atoms with Crippen LogP contribution in [0.1, 0.15) is 47.4 Å². The lowest BCUT2D eigenvalue weighted by atomic mass is 9.97. The van der Waals surface area contributed by atoms with Crippen molar-refractivity contribution in [3.05, 3.63) is 35.5 Å².